The molecule has 2 N–H and O–H groups in total. The highest BCUT2D eigenvalue weighted by Crippen LogP contribution is 2.33. The molecule has 224 valence electrons. The number of pyridine rings is 1. The number of aliphatic hydroxyl groups excluding tert-OH is 1. The molecule has 0 bridgehead atoms. The Hall–Kier alpha value is -3.71. The van der Waals surface area contributed by atoms with Gasteiger partial charge in [0, 0.05) is 41.7 Å². The van der Waals surface area contributed by atoms with E-state index in [1.807, 2.05) is 12.1 Å². The van der Waals surface area contributed by atoms with Gasteiger partial charge in [0.25, 0.3) is 0 Å². The van der Waals surface area contributed by atoms with Crippen LogP contribution in [0.1, 0.15) is 37.0 Å². The Bertz CT molecular complexity index is 1570. The normalized spacial score (nSPS) is 16.9. The maximum absolute atomic E-state index is 13.0. The molecular formula is C30H35N3O8S. The van der Waals surface area contributed by atoms with Gasteiger partial charge in [-0.3, -0.25) is 0 Å². The van der Waals surface area contributed by atoms with Crippen LogP contribution in [0.15, 0.2) is 53.4 Å². The summed E-state index contributed by atoms with van der Waals surface area (Å²) in [5.74, 6) is 0.939. The van der Waals surface area contributed by atoms with Crippen molar-refractivity contribution < 1.29 is 37.3 Å². The van der Waals surface area contributed by atoms with Gasteiger partial charge in [-0.2, -0.15) is 0 Å². The van der Waals surface area contributed by atoms with Crippen LogP contribution in [-0.2, 0) is 19.6 Å². The highest BCUT2D eigenvalue weighted by molar-refractivity contribution is 7.89. The van der Waals surface area contributed by atoms with Crippen molar-refractivity contribution in [2.45, 2.75) is 36.8 Å². The lowest BCUT2D eigenvalue weighted by Crippen LogP contribution is -2.45. The summed E-state index contributed by atoms with van der Waals surface area (Å²) in [6, 6.07) is 11.6. The molecule has 0 amide bonds. The maximum atomic E-state index is 13.0. The summed E-state index contributed by atoms with van der Waals surface area (Å²) in [4.78, 5) is 18.7. The van der Waals surface area contributed by atoms with Crippen molar-refractivity contribution in [3.63, 3.8) is 0 Å². The van der Waals surface area contributed by atoms with Crippen LogP contribution in [0.2, 0.25) is 0 Å². The third kappa shape index (κ3) is 6.84. The van der Waals surface area contributed by atoms with Crippen LogP contribution in [0.25, 0.3) is 17.0 Å². The van der Waals surface area contributed by atoms with E-state index in [-0.39, 0.29) is 17.5 Å². The predicted molar refractivity (Wildman–Crippen MR) is 156 cm³/mol. The summed E-state index contributed by atoms with van der Waals surface area (Å²) in [7, 11) is -2.20. The minimum Gasteiger partial charge on any atom is -0.486 e. The highest BCUT2D eigenvalue weighted by atomic mass is 32.2. The number of benzene rings is 2. The molecule has 2 aliphatic heterocycles. The van der Waals surface area contributed by atoms with Crippen LogP contribution in [0.4, 0.5) is 0 Å². The lowest BCUT2D eigenvalue weighted by atomic mass is 9.98. The number of esters is 1. The Morgan fingerprint density at radius 3 is 2.64 bits per heavy atom. The molecule has 0 radical (unpaired) electrons. The number of hydrogen-bond acceptors (Lipinski definition) is 10. The maximum Gasteiger partial charge on any atom is 0.330 e. The van der Waals surface area contributed by atoms with E-state index in [0.717, 1.165) is 10.9 Å². The second-order valence-electron chi connectivity index (χ2n) is 10.1. The number of β-amino-alcohol motifs (C(OH)–C–C–N with tert-alkyl or cyclic N) is 1. The molecule has 1 aromatic heterocycles. The van der Waals surface area contributed by atoms with E-state index in [4.69, 9.17) is 18.9 Å². The fourth-order valence-corrected chi connectivity index (χ4v) is 6.49. The fourth-order valence-electron chi connectivity index (χ4n) is 5.17. The molecule has 2 aliphatic rings. The Balaban J connectivity index is 1.24. The van der Waals surface area contributed by atoms with E-state index in [2.05, 4.69) is 14.6 Å². The number of fused-ring (bicyclic) bond motifs is 2. The van der Waals surface area contributed by atoms with E-state index >= 15 is 0 Å². The first-order chi connectivity index (χ1) is 20.3. The summed E-state index contributed by atoms with van der Waals surface area (Å²) in [6.45, 7) is 4.43. The Labute approximate surface area is 245 Å². The zero-order valence-corrected chi connectivity index (χ0v) is 24.4. The average Bonchev–Trinajstić information content (AvgIpc) is 3.00. The predicted octanol–water partition coefficient (Wildman–Crippen LogP) is 3.07. The van der Waals surface area contributed by atoms with Gasteiger partial charge in [-0.1, -0.05) is 12.1 Å². The number of aromatic nitrogens is 1. The summed E-state index contributed by atoms with van der Waals surface area (Å²) in [5.41, 5.74) is 1.98. The molecule has 2 aromatic carbocycles. The second-order valence-corrected chi connectivity index (χ2v) is 11.8. The Morgan fingerprint density at radius 1 is 1.14 bits per heavy atom. The molecular weight excluding hydrogens is 562 g/mol. The smallest absolute Gasteiger partial charge is 0.330 e. The zero-order chi connectivity index (χ0) is 29.7. The van der Waals surface area contributed by atoms with E-state index in [1.165, 1.54) is 25.3 Å². The number of aliphatic hydroxyl groups is 1. The van der Waals surface area contributed by atoms with Crippen LogP contribution < -0.4 is 18.9 Å². The molecule has 11 nitrogen and oxygen atoms in total. The van der Waals surface area contributed by atoms with Gasteiger partial charge in [0.05, 0.1) is 30.2 Å². The molecule has 1 fully saturated rings. The number of methoxy groups -OCH3 is 1. The number of carbonyl (C=O) groups is 1. The number of hydrogen-bond donors (Lipinski definition) is 2. The monoisotopic (exact) mass is 597 g/mol. The minimum absolute atomic E-state index is 0.139. The number of likely N-dealkylation sites (tertiary alicyclic amines) is 1. The van der Waals surface area contributed by atoms with Gasteiger partial charge in [-0.15, -0.1) is 0 Å². The molecule has 1 unspecified atom stereocenters. The average molecular weight is 598 g/mol. The summed E-state index contributed by atoms with van der Waals surface area (Å²) >= 11 is 0. The molecule has 1 saturated heterocycles. The van der Waals surface area contributed by atoms with Gasteiger partial charge in [-0.05, 0) is 62.7 Å². The van der Waals surface area contributed by atoms with Crippen molar-refractivity contribution in [3.8, 4) is 17.4 Å². The standard InChI is InChI=1S/C30H35N3O8S/c1-3-39-29(35)11-5-20-4-7-24(30-23(20)8-10-28(31-30)38-2)25(34)19-33-14-12-21(13-15-33)32-42(36,37)22-6-9-26-27(18-22)41-17-16-40-26/h4-11,18,21,25,32,34H,3,12-17,19H2,1-2H3/b11-5+. The molecule has 5 rings (SSSR count). The number of piperidine rings is 1. The van der Waals surface area contributed by atoms with Crippen LogP contribution >= 0.6 is 0 Å². The molecule has 0 spiro atoms. The van der Waals surface area contributed by atoms with E-state index in [1.54, 1.807) is 31.2 Å². The summed E-state index contributed by atoms with van der Waals surface area (Å²) in [6.07, 6.45) is 3.38. The van der Waals surface area contributed by atoms with Gasteiger partial charge in [0.15, 0.2) is 11.5 Å². The number of ether oxygens (including phenoxy) is 4. The van der Waals surface area contributed by atoms with Gasteiger partial charge in [-0.25, -0.2) is 22.9 Å². The van der Waals surface area contributed by atoms with E-state index < -0.39 is 22.1 Å². The van der Waals surface area contributed by atoms with Crippen LogP contribution in [0.5, 0.6) is 17.4 Å². The fraction of sp³-hybridized carbons (Fsp3) is 0.400. The SMILES string of the molecule is CCOC(=O)/C=C/c1ccc(C(O)CN2CCC(NS(=O)(=O)c3ccc4c(c3)OCCO4)CC2)c2nc(OC)ccc12. The highest BCUT2D eigenvalue weighted by Gasteiger charge is 2.27. The first-order valence-corrected chi connectivity index (χ1v) is 15.4. The molecule has 0 saturated carbocycles. The van der Waals surface area contributed by atoms with E-state index in [0.29, 0.717) is 74.1 Å². The molecule has 42 heavy (non-hydrogen) atoms. The number of rotatable bonds is 10. The first-order valence-electron chi connectivity index (χ1n) is 13.9. The topological polar surface area (TPSA) is 137 Å². The number of sulfonamides is 1. The minimum atomic E-state index is -3.73. The summed E-state index contributed by atoms with van der Waals surface area (Å²) in [5, 5.41) is 12.0. The third-order valence-electron chi connectivity index (χ3n) is 7.31. The van der Waals surface area contributed by atoms with Crippen LogP contribution in [0, 0.1) is 0 Å². The van der Waals surface area contributed by atoms with Gasteiger partial charge >= 0.3 is 5.97 Å². The van der Waals surface area contributed by atoms with Gasteiger partial charge < -0.3 is 29.0 Å². The zero-order valence-electron chi connectivity index (χ0n) is 23.6. The van der Waals surface area contributed by atoms with Gasteiger partial charge in [0.1, 0.15) is 13.2 Å². The lowest BCUT2D eigenvalue weighted by Gasteiger charge is -2.33. The number of nitrogens with one attached hydrogen (secondary N) is 1. The van der Waals surface area contributed by atoms with Crippen molar-refractivity contribution in [1.29, 1.82) is 0 Å². The molecule has 12 heteroatoms. The van der Waals surface area contributed by atoms with Gasteiger partial charge in [0.2, 0.25) is 15.9 Å². The molecule has 1 atom stereocenters. The van der Waals surface area contributed by atoms with Crippen molar-refractivity contribution in [2.75, 3.05) is 46.6 Å². The molecule has 3 aromatic rings. The summed E-state index contributed by atoms with van der Waals surface area (Å²) < 4.78 is 50.2. The van der Waals surface area contributed by atoms with Crippen molar-refractivity contribution in [2.24, 2.45) is 0 Å². The van der Waals surface area contributed by atoms with Crippen LogP contribution in [0.3, 0.4) is 0 Å². The third-order valence-corrected chi connectivity index (χ3v) is 8.83. The van der Waals surface area contributed by atoms with Crippen molar-refractivity contribution in [1.82, 2.24) is 14.6 Å². The number of carbonyl (C=O) groups excluding carboxylic acids is 1. The lowest BCUT2D eigenvalue weighted by molar-refractivity contribution is -0.137. The Morgan fingerprint density at radius 2 is 1.90 bits per heavy atom. The second kappa shape index (κ2) is 13.1. The van der Waals surface area contributed by atoms with E-state index in [9.17, 15) is 18.3 Å². The van der Waals surface area contributed by atoms with Crippen LogP contribution in [-0.4, -0.2) is 82.0 Å². The molecule has 3 heterocycles. The largest absolute Gasteiger partial charge is 0.486 e. The number of nitrogens with zero attached hydrogens (tertiary/aromatic N) is 2. The van der Waals surface area contributed by atoms with Crippen molar-refractivity contribution >= 4 is 33.0 Å². The molecule has 0 aliphatic carbocycles. The Kier molecular flexibility index (Phi) is 9.27. The quantitative estimate of drug-likeness (QED) is 0.265. The first kappa shape index (κ1) is 29.8. The van der Waals surface area contributed by atoms with Crippen molar-refractivity contribution in [3.05, 3.63) is 59.7 Å².